The van der Waals surface area contributed by atoms with Gasteiger partial charge >= 0.3 is 6.03 Å². The predicted octanol–water partition coefficient (Wildman–Crippen LogP) is 2.40. The number of carbonyl (C=O) groups is 3. The number of aryl methyl sites for hydroxylation is 2. The Morgan fingerprint density at radius 2 is 1.81 bits per heavy atom. The molecule has 1 fully saturated rings. The normalized spacial score (nSPS) is 21.1. The van der Waals surface area contributed by atoms with Crippen molar-refractivity contribution in [3.8, 4) is 0 Å². The molecule has 4 rings (SSSR count). The summed E-state index contributed by atoms with van der Waals surface area (Å²) < 4.78 is 0. The lowest BCUT2D eigenvalue weighted by molar-refractivity contribution is -0.133. The highest BCUT2D eigenvalue weighted by molar-refractivity contribution is 6.27. The molecule has 2 aromatic carbocycles. The molecular weight excluding hydrogens is 342 g/mol. The highest BCUT2D eigenvalue weighted by atomic mass is 16.2. The number of amides is 4. The Morgan fingerprint density at radius 1 is 1.04 bits per heavy atom. The fraction of sp³-hybridized carbons (Fsp3) is 0.190. The maximum absolute atomic E-state index is 13.1. The Hall–Kier alpha value is -3.41. The van der Waals surface area contributed by atoms with E-state index in [-0.39, 0.29) is 0 Å². The van der Waals surface area contributed by atoms with Crippen LogP contribution in [-0.2, 0) is 15.1 Å². The molecule has 1 saturated heterocycles. The molecular formula is C21H19N3O3. The molecule has 1 spiro atoms. The Morgan fingerprint density at radius 3 is 2.52 bits per heavy atom. The molecule has 1 atom stereocenters. The van der Waals surface area contributed by atoms with Crippen LogP contribution in [0.2, 0.25) is 0 Å². The zero-order chi connectivity index (χ0) is 19.2. The van der Waals surface area contributed by atoms with Gasteiger partial charge < -0.3 is 10.2 Å². The van der Waals surface area contributed by atoms with E-state index in [1.165, 1.54) is 16.0 Å². The number of hydrogen-bond donors (Lipinski definition) is 2. The van der Waals surface area contributed by atoms with Crippen molar-refractivity contribution in [2.45, 2.75) is 19.4 Å². The van der Waals surface area contributed by atoms with Crippen LogP contribution in [0.3, 0.4) is 0 Å². The number of nitrogens with zero attached hydrogens (tertiary/aromatic N) is 1. The molecule has 0 saturated carbocycles. The Kier molecular flexibility index (Phi) is 3.84. The van der Waals surface area contributed by atoms with E-state index in [0.29, 0.717) is 17.8 Å². The maximum atomic E-state index is 13.1. The van der Waals surface area contributed by atoms with Crippen LogP contribution in [0.1, 0.15) is 22.3 Å². The first-order chi connectivity index (χ1) is 12.9. The molecule has 2 heterocycles. The first-order valence-electron chi connectivity index (χ1n) is 8.72. The third kappa shape index (κ3) is 2.52. The third-order valence-corrected chi connectivity index (χ3v) is 5.16. The first-order valence-corrected chi connectivity index (χ1v) is 8.72. The van der Waals surface area contributed by atoms with Gasteiger partial charge in [-0.25, -0.2) is 4.79 Å². The summed E-state index contributed by atoms with van der Waals surface area (Å²) >= 11 is 0. The summed E-state index contributed by atoms with van der Waals surface area (Å²) in [6.45, 7) is 4.41. The van der Waals surface area contributed by atoms with Crippen molar-refractivity contribution in [3.05, 3.63) is 70.8 Å². The lowest BCUT2D eigenvalue weighted by Gasteiger charge is -2.20. The van der Waals surface area contributed by atoms with Gasteiger partial charge in [-0.05, 0) is 36.6 Å². The minimum atomic E-state index is -1.66. The quantitative estimate of drug-likeness (QED) is 0.651. The van der Waals surface area contributed by atoms with E-state index in [1.54, 1.807) is 24.3 Å². The second kappa shape index (κ2) is 6.09. The SMILES string of the molecule is Cc1ccc(/C=C/CN2C(=O)C3(NC(=O)NC3=O)c3ccccc32)cc1C. The van der Waals surface area contributed by atoms with Crippen molar-refractivity contribution >= 4 is 29.6 Å². The van der Waals surface area contributed by atoms with Crippen molar-refractivity contribution < 1.29 is 14.4 Å². The summed E-state index contributed by atoms with van der Waals surface area (Å²) in [7, 11) is 0. The summed E-state index contributed by atoms with van der Waals surface area (Å²) in [6, 6.07) is 12.5. The number of urea groups is 1. The standard InChI is InChI=1S/C21H19N3O3/c1-13-9-10-15(12-14(13)2)6-5-11-24-17-8-4-3-7-16(17)21(19(24)26)18(25)22-20(27)23-21/h3-10,12H,11H2,1-2H3,(H2,22,23,25,27)/b6-5+. The summed E-state index contributed by atoms with van der Waals surface area (Å²) in [6.07, 6.45) is 3.83. The smallest absolute Gasteiger partial charge is 0.312 e. The van der Waals surface area contributed by atoms with Crippen LogP contribution >= 0.6 is 0 Å². The molecule has 136 valence electrons. The van der Waals surface area contributed by atoms with Crippen LogP contribution in [0.4, 0.5) is 10.5 Å². The number of imide groups is 1. The third-order valence-electron chi connectivity index (χ3n) is 5.16. The van der Waals surface area contributed by atoms with Gasteiger partial charge in [-0.3, -0.25) is 14.9 Å². The second-order valence-electron chi connectivity index (χ2n) is 6.84. The van der Waals surface area contributed by atoms with Gasteiger partial charge in [0.1, 0.15) is 0 Å². The molecule has 2 aromatic rings. The van der Waals surface area contributed by atoms with Crippen molar-refractivity contribution in [2.24, 2.45) is 0 Å². The number of hydrogen-bond acceptors (Lipinski definition) is 3. The fourth-order valence-electron chi connectivity index (χ4n) is 3.59. The van der Waals surface area contributed by atoms with E-state index in [0.717, 1.165) is 5.56 Å². The van der Waals surface area contributed by atoms with Gasteiger partial charge in [0.05, 0.1) is 5.69 Å². The van der Waals surface area contributed by atoms with Crippen molar-refractivity contribution in [1.82, 2.24) is 10.6 Å². The molecule has 2 aliphatic rings. The van der Waals surface area contributed by atoms with Crippen molar-refractivity contribution in [3.63, 3.8) is 0 Å². The van der Waals surface area contributed by atoms with E-state index in [4.69, 9.17) is 0 Å². The van der Waals surface area contributed by atoms with Gasteiger partial charge in [0.15, 0.2) is 0 Å². The highest BCUT2D eigenvalue weighted by Crippen LogP contribution is 2.41. The molecule has 0 bridgehead atoms. The number of carbonyl (C=O) groups excluding carboxylic acids is 3. The fourth-order valence-corrected chi connectivity index (χ4v) is 3.59. The molecule has 27 heavy (non-hydrogen) atoms. The summed E-state index contributed by atoms with van der Waals surface area (Å²) in [4.78, 5) is 38.8. The average molecular weight is 361 g/mol. The Labute approximate surface area is 156 Å². The van der Waals surface area contributed by atoms with Crippen molar-refractivity contribution in [1.29, 1.82) is 0 Å². The largest absolute Gasteiger partial charge is 0.323 e. The summed E-state index contributed by atoms with van der Waals surface area (Å²) in [5.74, 6) is -1.08. The van der Waals surface area contributed by atoms with Gasteiger partial charge in [0.2, 0.25) is 5.54 Å². The number of fused-ring (bicyclic) bond motifs is 2. The number of para-hydroxylation sites is 1. The molecule has 4 amide bonds. The molecule has 0 aromatic heterocycles. The molecule has 0 aliphatic carbocycles. The van der Waals surface area contributed by atoms with Crippen LogP contribution in [0.5, 0.6) is 0 Å². The number of anilines is 1. The van der Waals surface area contributed by atoms with Gasteiger partial charge in [-0.1, -0.05) is 48.6 Å². The zero-order valence-electron chi connectivity index (χ0n) is 15.1. The topological polar surface area (TPSA) is 78.5 Å². The Balaban J connectivity index is 1.65. The molecule has 6 heteroatoms. The van der Waals surface area contributed by atoms with Gasteiger partial charge in [-0.2, -0.15) is 0 Å². The van der Waals surface area contributed by atoms with Gasteiger partial charge in [0.25, 0.3) is 11.8 Å². The van der Waals surface area contributed by atoms with Gasteiger partial charge in [-0.15, -0.1) is 0 Å². The zero-order valence-corrected chi connectivity index (χ0v) is 15.1. The second-order valence-corrected chi connectivity index (χ2v) is 6.84. The van der Waals surface area contributed by atoms with E-state index < -0.39 is 23.4 Å². The minimum absolute atomic E-state index is 0.299. The maximum Gasteiger partial charge on any atom is 0.323 e. The average Bonchev–Trinajstić information content (AvgIpc) is 3.07. The molecule has 2 aliphatic heterocycles. The lowest BCUT2D eigenvalue weighted by atomic mass is 9.92. The van der Waals surface area contributed by atoms with E-state index in [1.807, 2.05) is 18.2 Å². The lowest BCUT2D eigenvalue weighted by Crippen LogP contribution is -2.52. The predicted molar refractivity (Wildman–Crippen MR) is 102 cm³/mol. The number of benzene rings is 2. The monoisotopic (exact) mass is 361 g/mol. The van der Waals surface area contributed by atoms with Crippen molar-refractivity contribution in [2.75, 3.05) is 11.4 Å². The minimum Gasteiger partial charge on any atom is -0.312 e. The summed E-state index contributed by atoms with van der Waals surface area (Å²) in [5.41, 5.74) is 2.93. The van der Waals surface area contributed by atoms with Crippen LogP contribution in [0.25, 0.3) is 6.08 Å². The first kappa shape index (κ1) is 17.0. The van der Waals surface area contributed by atoms with E-state index in [9.17, 15) is 14.4 Å². The highest BCUT2D eigenvalue weighted by Gasteiger charge is 2.60. The molecule has 6 nitrogen and oxygen atoms in total. The molecule has 1 unspecified atom stereocenters. The van der Waals surface area contributed by atoms with Gasteiger partial charge in [0, 0.05) is 12.1 Å². The van der Waals surface area contributed by atoms with Crippen LogP contribution in [-0.4, -0.2) is 24.4 Å². The van der Waals surface area contributed by atoms with Crippen LogP contribution in [0.15, 0.2) is 48.5 Å². The van der Waals surface area contributed by atoms with E-state index in [2.05, 4.69) is 36.6 Å². The Bertz CT molecular complexity index is 1010. The van der Waals surface area contributed by atoms with Crippen LogP contribution < -0.4 is 15.5 Å². The molecule has 2 N–H and O–H groups in total. The molecule has 0 radical (unpaired) electrons. The summed E-state index contributed by atoms with van der Waals surface area (Å²) in [5, 5.41) is 4.70. The number of nitrogens with one attached hydrogen (secondary N) is 2. The van der Waals surface area contributed by atoms with Crippen LogP contribution in [0, 0.1) is 13.8 Å². The number of rotatable bonds is 3. The van der Waals surface area contributed by atoms with E-state index >= 15 is 0 Å².